The number of thiocarbonyl (C=S) groups is 1. The van der Waals surface area contributed by atoms with Gasteiger partial charge in [0.25, 0.3) is 0 Å². The zero-order valence-electron chi connectivity index (χ0n) is 16.3. The summed E-state index contributed by atoms with van der Waals surface area (Å²) in [5, 5.41) is 15.6. The van der Waals surface area contributed by atoms with Gasteiger partial charge in [0.05, 0.1) is 5.97 Å². The number of benzene rings is 3. The van der Waals surface area contributed by atoms with Crippen LogP contribution in [0.1, 0.15) is 21.5 Å². The smallest absolute Gasteiger partial charge is 0.174 e. The van der Waals surface area contributed by atoms with Crippen LogP contribution in [0.5, 0.6) is 0 Å². The van der Waals surface area contributed by atoms with Crippen LogP contribution in [0.2, 0.25) is 5.02 Å². The maximum absolute atomic E-state index is 11.0. The number of hydrogen-bond donors (Lipinski definition) is 1. The Hall–Kier alpha value is -2.54. The predicted octanol–water partition coefficient (Wildman–Crippen LogP) is 4.82. The lowest BCUT2D eigenvalue weighted by Crippen LogP contribution is -2.33. The number of carbonyl (C=O) groups excluding carboxylic acids is 1. The van der Waals surface area contributed by atoms with E-state index in [2.05, 4.69) is 5.32 Å². The quantitative estimate of drug-likeness (QED) is 0.407. The molecule has 0 aliphatic rings. The first kappa shape index (κ1) is 22.2. The first-order chi connectivity index (χ1) is 14.4. The Bertz CT molecular complexity index is 1020. The predicted molar refractivity (Wildman–Crippen MR) is 126 cm³/mol. The van der Waals surface area contributed by atoms with Crippen molar-refractivity contribution in [1.82, 2.24) is 4.90 Å². The van der Waals surface area contributed by atoms with Crippen LogP contribution in [0.15, 0.2) is 77.7 Å². The molecule has 0 unspecified atom stereocenters. The number of thioether (sulfide) groups is 1. The summed E-state index contributed by atoms with van der Waals surface area (Å²) in [7, 11) is 0. The maximum Gasteiger partial charge on any atom is 0.174 e. The second-order valence-electron chi connectivity index (χ2n) is 6.63. The van der Waals surface area contributed by atoms with Gasteiger partial charge in [0, 0.05) is 28.7 Å². The molecule has 1 N–H and O–H groups in total. The average Bonchev–Trinajstić information content (AvgIpc) is 2.75. The van der Waals surface area contributed by atoms with Crippen molar-refractivity contribution in [1.29, 1.82) is 0 Å². The van der Waals surface area contributed by atoms with E-state index in [-0.39, 0.29) is 5.56 Å². The summed E-state index contributed by atoms with van der Waals surface area (Å²) in [6.45, 7) is 1.09. The zero-order chi connectivity index (χ0) is 21.5. The molecule has 0 aliphatic heterocycles. The third-order valence-corrected chi connectivity index (χ3v) is 5.80. The molecule has 0 saturated carbocycles. The van der Waals surface area contributed by atoms with E-state index in [0.29, 0.717) is 23.2 Å². The summed E-state index contributed by atoms with van der Waals surface area (Å²) in [5.74, 6) is -1.19. The van der Waals surface area contributed by atoms with Crippen molar-refractivity contribution in [3.8, 4) is 0 Å². The fourth-order valence-corrected chi connectivity index (χ4v) is 3.71. The number of halogens is 1. The van der Waals surface area contributed by atoms with E-state index in [1.165, 1.54) is 0 Å². The molecule has 3 aromatic carbocycles. The molecule has 3 aromatic rings. The van der Waals surface area contributed by atoms with Crippen LogP contribution in [0.3, 0.4) is 0 Å². The summed E-state index contributed by atoms with van der Waals surface area (Å²) in [6, 6.07) is 22.3. The molecule has 0 amide bonds. The molecule has 4 nitrogen and oxygen atoms in total. The number of anilines is 1. The SMILES string of the molecule is CSc1cccc(NC(=S)N(Cc2ccc(Cl)cc2)Cc2ccc(C(=O)[O-])cc2)c1. The van der Waals surface area contributed by atoms with Crippen LogP contribution in [-0.4, -0.2) is 22.2 Å². The van der Waals surface area contributed by atoms with Crippen molar-refractivity contribution in [2.45, 2.75) is 18.0 Å². The molecular weight excluding hydrogens is 436 g/mol. The Labute approximate surface area is 190 Å². The minimum atomic E-state index is -1.19. The van der Waals surface area contributed by atoms with Crippen LogP contribution in [0, 0.1) is 0 Å². The van der Waals surface area contributed by atoms with E-state index in [0.717, 1.165) is 21.7 Å². The third kappa shape index (κ3) is 6.23. The van der Waals surface area contributed by atoms with Crippen LogP contribution in [-0.2, 0) is 13.1 Å². The minimum absolute atomic E-state index is 0.151. The van der Waals surface area contributed by atoms with Crippen molar-refractivity contribution >= 4 is 52.3 Å². The summed E-state index contributed by atoms with van der Waals surface area (Å²) in [6.07, 6.45) is 2.03. The van der Waals surface area contributed by atoms with Crippen molar-refractivity contribution in [3.05, 3.63) is 94.5 Å². The van der Waals surface area contributed by atoms with Gasteiger partial charge >= 0.3 is 0 Å². The second-order valence-corrected chi connectivity index (χ2v) is 8.33. The Morgan fingerprint density at radius 1 is 1.03 bits per heavy atom. The Kier molecular flexibility index (Phi) is 7.74. The highest BCUT2D eigenvalue weighted by Crippen LogP contribution is 2.20. The summed E-state index contributed by atoms with van der Waals surface area (Å²) in [5.41, 5.74) is 3.07. The number of carboxylic acids is 1. The van der Waals surface area contributed by atoms with Gasteiger partial charge < -0.3 is 20.1 Å². The number of hydrogen-bond acceptors (Lipinski definition) is 4. The van der Waals surface area contributed by atoms with E-state index in [1.54, 1.807) is 36.0 Å². The van der Waals surface area contributed by atoms with Crippen molar-refractivity contribution in [2.24, 2.45) is 0 Å². The molecule has 3 rings (SSSR count). The van der Waals surface area contributed by atoms with E-state index >= 15 is 0 Å². The van der Waals surface area contributed by atoms with Gasteiger partial charge in [0.15, 0.2) is 5.11 Å². The lowest BCUT2D eigenvalue weighted by atomic mass is 10.1. The molecule has 30 heavy (non-hydrogen) atoms. The number of carboxylic acid groups (broad SMARTS) is 1. The number of rotatable bonds is 7. The number of nitrogens with one attached hydrogen (secondary N) is 1. The van der Waals surface area contributed by atoms with E-state index in [9.17, 15) is 9.90 Å². The molecule has 0 aromatic heterocycles. The van der Waals surface area contributed by atoms with Crippen molar-refractivity contribution < 1.29 is 9.90 Å². The van der Waals surface area contributed by atoms with E-state index in [1.807, 2.05) is 59.7 Å². The van der Waals surface area contributed by atoms with Gasteiger partial charge in [0.2, 0.25) is 0 Å². The standard InChI is InChI=1S/C23H21ClN2O2S2/c1-30-21-4-2-3-20(13-21)25-23(29)26(15-17-7-11-19(24)12-8-17)14-16-5-9-18(10-6-16)22(27)28/h2-13H,14-15H2,1H3,(H,25,29)(H,27,28)/p-1. The molecule has 0 fully saturated rings. The van der Waals surface area contributed by atoms with Gasteiger partial charge in [0.1, 0.15) is 0 Å². The Morgan fingerprint density at radius 3 is 2.20 bits per heavy atom. The van der Waals surface area contributed by atoms with Gasteiger partial charge in [-0.25, -0.2) is 0 Å². The molecule has 0 radical (unpaired) electrons. The molecule has 7 heteroatoms. The summed E-state index contributed by atoms with van der Waals surface area (Å²) >= 11 is 13.4. The number of nitrogens with zero attached hydrogens (tertiary/aromatic N) is 1. The number of aromatic carboxylic acids is 1. The van der Waals surface area contributed by atoms with Gasteiger partial charge in [-0.2, -0.15) is 0 Å². The first-order valence-corrected chi connectivity index (χ1v) is 11.2. The monoisotopic (exact) mass is 455 g/mol. The molecule has 0 atom stereocenters. The molecule has 0 saturated heterocycles. The lowest BCUT2D eigenvalue weighted by molar-refractivity contribution is -0.255. The topological polar surface area (TPSA) is 55.4 Å². The Balaban J connectivity index is 1.80. The van der Waals surface area contributed by atoms with Gasteiger partial charge in [-0.1, -0.05) is 54.1 Å². The minimum Gasteiger partial charge on any atom is -0.545 e. The van der Waals surface area contributed by atoms with Gasteiger partial charge in [-0.3, -0.25) is 0 Å². The molecule has 0 heterocycles. The molecule has 154 valence electrons. The van der Waals surface area contributed by atoms with Gasteiger partial charge in [-0.05, 0) is 65.5 Å². The van der Waals surface area contributed by atoms with Gasteiger partial charge in [-0.15, -0.1) is 11.8 Å². The lowest BCUT2D eigenvalue weighted by Gasteiger charge is -2.26. The molecule has 0 spiro atoms. The largest absolute Gasteiger partial charge is 0.545 e. The van der Waals surface area contributed by atoms with E-state index < -0.39 is 5.97 Å². The first-order valence-electron chi connectivity index (χ1n) is 9.19. The molecule has 0 bridgehead atoms. The van der Waals surface area contributed by atoms with Crippen molar-refractivity contribution in [3.63, 3.8) is 0 Å². The third-order valence-electron chi connectivity index (χ3n) is 4.46. The Morgan fingerprint density at radius 2 is 1.63 bits per heavy atom. The summed E-state index contributed by atoms with van der Waals surface area (Å²) in [4.78, 5) is 14.2. The van der Waals surface area contributed by atoms with Crippen LogP contribution < -0.4 is 10.4 Å². The van der Waals surface area contributed by atoms with E-state index in [4.69, 9.17) is 23.8 Å². The second kappa shape index (κ2) is 10.5. The van der Waals surface area contributed by atoms with Crippen molar-refractivity contribution in [2.75, 3.05) is 11.6 Å². The number of carbonyl (C=O) groups is 1. The highest BCUT2D eigenvalue weighted by molar-refractivity contribution is 7.98. The molecule has 0 aliphatic carbocycles. The fourth-order valence-electron chi connectivity index (χ4n) is 2.88. The summed E-state index contributed by atoms with van der Waals surface area (Å²) < 4.78 is 0. The van der Waals surface area contributed by atoms with Crippen LogP contribution >= 0.6 is 35.6 Å². The average molecular weight is 456 g/mol. The molecular formula is C23H20ClN2O2S2-. The van der Waals surface area contributed by atoms with Crippen LogP contribution in [0.25, 0.3) is 0 Å². The highest BCUT2D eigenvalue weighted by Gasteiger charge is 2.12. The zero-order valence-corrected chi connectivity index (χ0v) is 18.7. The van der Waals surface area contributed by atoms with Crippen LogP contribution in [0.4, 0.5) is 5.69 Å². The fraction of sp³-hybridized carbons (Fsp3) is 0.130. The normalized spacial score (nSPS) is 10.5. The highest BCUT2D eigenvalue weighted by atomic mass is 35.5. The maximum atomic E-state index is 11.0.